The van der Waals surface area contributed by atoms with Crippen LogP contribution in [0.2, 0.25) is 0 Å². The zero-order valence-electron chi connectivity index (χ0n) is 9.17. The zero-order valence-corrected chi connectivity index (χ0v) is 9.17. The highest BCUT2D eigenvalue weighted by Gasteiger charge is 2.49. The van der Waals surface area contributed by atoms with Crippen molar-refractivity contribution in [2.75, 3.05) is 0 Å². The molecule has 2 fully saturated rings. The lowest BCUT2D eigenvalue weighted by Gasteiger charge is -2.32. The Morgan fingerprint density at radius 1 is 1.50 bits per heavy atom. The Balaban J connectivity index is 2.19. The molecule has 0 aromatic carbocycles. The van der Waals surface area contributed by atoms with Crippen LogP contribution in [0.5, 0.6) is 0 Å². The van der Waals surface area contributed by atoms with Crippen LogP contribution in [0.3, 0.4) is 0 Å². The fraction of sp³-hybridized carbons (Fsp3) is 0.750. The Labute approximate surface area is 85.3 Å². The maximum atomic E-state index is 10.8. The van der Waals surface area contributed by atoms with Gasteiger partial charge in [-0.25, -0.2) is 0 Å². The average Bonchev–Trinajstić information content (AvgIpc) is 2.59. The number of esters is 1. The van der Waals surface area contributed by atoms with Gasteiger partial charge in [0, 0.05) is 6.92 Å². The van der Waals surface area contributed by atoms with Gasteiger partial charge in [-0.15, -0.1) is 0 Å². The van der Waals surface area contributed by atoms with Crippen LogP contribution in [0.1, 0.15) is 40.0 Å². The number of rotatable bonds is 1. The first-order chi connectivity index (χ1) is 6.51. The maximum Gasteiger partial charge on any atom is 0.307 e. The normalized spacial score (nSPS) is 36.4. The summed E-state index contributed by atoms with van der Waals surface area (Å²) in [7, 11) is 0. The van der Waals surface area contributed by atoms with E-state index in [1.165, 1.54) is 31.8 Å². The topological polar surface area (TPSA) is 26.3 Å². The first-order valence-electron chi connectivity index (χ1n) is 5.39. The Bertz CT molecular complexity index is 289. The van der Waals surface area contributed by atoms with Gasteiger partial charge in [0.1, 0.15) is 0 Å². The minimum atomic E-state index is -0.212. The second kappa shape index (κ2) is 3.11. The van der Waals surface area contributed by atoms with Gasteiger partial charge in [-0.2, -0.15) is 0 Å². The van der Waals surface area contributed by atoms with Crippen LogP contribution in [0, 0.1) is 17.3 Å². The highest BCUT2D eigenvalue weighted by Crippen LogP contribution is 2.58. The summed E-state index contributed by atoms with van der Waals surface area (Å²) in [6, 6.07) is 0. The molecule has 2 saturated carbocycles. The molecule has 0 spiro atoms. The molecule has 0 aliphatic heterocycles. The molecule has 2 aliphatic rings. The summed E-state index contributed by atoms with van der Waals surface area (Å²) in [5.41, 5.74) is 1.60. The molecule has 2 unspecified atom stereocenters. The molecule has 0 saturated heterocycles. The van der Waals surface area contributed by atoms with E-state index < -0.39 is 0 Å². The van der Waals surface area contributed by atoms with Gasteiger partial charge in [0.15, 0.2) is 0 Å². The predicted octanol–water partition coefficient (Wildman–Crippen LogP) is 2.89. The lowest BCUT2D eigenvalue weighted by atomic mass is 9.73. The van der Waals surface area contributed by atoms with Gasteiger partial charge >= 0.3 is 5.97 Å². The smallest absolute Gasteiger partial charge is 0.307 e. The number of carbonyl (C=O) groups excluding carboxylic acids is 1. The summed E-state index contributed by atoms with van der Waals surface area (Å²) < 4.78 is 5.01. The fourth-order valence-corrected chi connectivity index (χ4v) is 3.08. The summed E-state index contributed by atoms with van der Waals surface area (Å²) in [5, 5.41) is 0. The van der Waals surface area contributed by atoms with E-state index in [9.17, 15) is 4.79 Å². The van der Waals surface area contributed by atoms with Gasteiger partial charge in [-0.05, 0) is 42.1 Å². The van der Waals surface area contributed by atoms with E-state index in [0.717, 1.165) is 5.92 Å². The van der Waals surface area contributed by atoms with Crippen LogP contribution in [0.4, 0.5) is 0 Å². The van der Waals surface area contributed by atoms with E-state index in [4.69, 9.17) is 4.74 Å². The summed E-state index contributed by atoms with van der Waals surface area (Å²) in [6.07, 6.45) is 5.63. The molecule has 2 aliphatic carbocycles. The number of carbonyl (C=O) groups is 1. The van der Waals surface area contributed by atoms with Crippen molar-refractivity contribution in [3.63, 3.8) is 0 Å². The lowest BCUT2D eigenvalue weighted by molar-refractivity contribution is -0.135. The van der Waals surface area contributed by atoms with E-state index in [0.29, 0.717) is 5.92 Å². The van der Waals surface area contributed by atoms with Crippen molar-refractivity contribution in [1.29, 1.82) is 0 Å². The minimum absolute atomic E-state index is 0.212. The van der Waals surface area contributed by atoms with Crippen LogP contribution < -0.4 is 0 Å². The van der Waals surface area contributed by atoms with Gasteiger partial charge in [-0.1, -0.05) is 13.8 Å². The van der Waals surface area contributed by atoms with Crippen molar-refractivity contribution in [3.05, 3.63) is 11.8 Å². The average molecular weight is 194 g/mol. The molecule has 0 N–H and O–H groups in total. The van der Waals surface area contributed by atoms with E-state index in [1.807, 2.05) is 0 Å². The molecule has 2 nitrogen and oxygen atoms in total. The van der Waals surface area contributed by atoms with Crippen molar-refractivity contribution in [2.24, 2.45) is 17.3 Å². The maximum absolute atomic E-state index is 10.8. The number of ether oxygens (including phenoxy) is 1. The lowest BCUT2D eigenvalue weighted by Crippen LogP contribution is -2.23. The highest BCUT2D eigenvalue weighted by molar-refractivity contribution is 5.66. The summed E-state index contributed by atoms with van der Waals surface area (Å²) in [4.78, 5) is 10.8. The number of hydrogen-bond acceptors (Lipinski definition) is 2. The monoisotopic (exact) mass is 194 g/mol. The van der Waals surface area contributed by atoms with Gasteiger partial charge < -0.3 is 4.74 Å². The third kappa shape index (κ3) is 1.37. The molecular weight excluding hydrogens is 176 g/mol. The molecule has 2 heteroatoms. The molecule has 0 radical (unpaired) electrons. The van der Waals surface area contributed by atoms with Gasteiger partial charge in [-0.3, -0.25) is 4.79 Å². The minimum Gasteiger partial charge on any atom is -0.435 e. The van der Waals surface area contributed by atoms with Crippen molar-refractivity contribution in [3.8, 4) is 0 Å². The fourth-order valence-electron chi connectivity index (χ4n) is 3.08. The molecule has 2 rings (SSSR count). The number of fused-ring (bicyclic) bond motifs is 2. The molecule has 2 bridgehead atoms. The van der Waals surface area contributed by atoms with E-state index in [1.54, 1.807) is 6.26 Å². The highest BCUT2D eigenvalue weighted by atomic mass is 16.5. The summed E-state index contributed by atoms with van der Waals surface area (Å²) in [5.74, 6) is 1.26. The first-order valence-corrected chi connectivity index (χ1v) is 5.39. The van der Waals surface area contributed by atoms with Gasteiger partial charge in [0.2, 0.25) is 0 Å². The summed E-state index contributed by atoms with van der Waals surface area (Å²) >= 11 is 0. The van der Waals surface area contributed by atoms with Gasteiger partial charge in [0.25, 0.3) is 0 Å². The van der Waals surface area contributed by atoms with Crippen molar-refractivity contribution < 1.29 is 9.53 Å². The largest absolute Gasteiger partial charge is 0.435 e. The molecule has 14 heavy (non-hydrogen) atoms. The van der Waals surface area contributed by atoms with Crippen LogP contribution in [0.15, 0.2) is 11.8 Å². The number of allylic oxidation sites excluding steroid dienone is 1. The predicted molar refractivity (Wildman–Crippen MR) is 54.5 cm³/mol. The Kier molecular flexibility index (Phi) is 2.17. The molecule has 0 amide bonds. The Morgan fingerprint density at radius 2 is 2.21 bits per heavy atom. The quantitative estimate of drug-likeness (QED) is 0.474. The van der Waals surface area contributed by atoms with Gasteiger partial charge in [0.05, 0.1) is 6.26 Å². The molecule has 78 valence electrons. The SMILES string of the molecule is CC(=O)OC=C1C2CCC(C2)C1(C)C. The van der Waals surface area contributed by atoms with Crippen LogP contribution in [-0.4, -0.2) is 5.97 Å². The van der Waals surface area contributed by atoms with E-state index in [-0.39, 0.29) is 11.4 Å². The molecule has 2 atom stereocenters. The van der Waals surface area contributed by atoms with Crippen LogP contribution in [-0.2, 0) is 9.53 Å². The second-order valence-electron chi connectivity index (χ2n) is 5.11. The number of hydrogen-bond donors (Lipinski definition) is 0. The second-order valence-corrected chi connectivity index (χ2v) is 5.11. The standard InChI is InChI=1S/C12H18O2/c1-8(13)14-7-11-9-4-5-10(6-9)12(11,2)3/h7,9-10H,4-6H2,1-3H3. The van der Waals surface area contributed by atoms with Crippen molar-refractivity contribution in [2.45, 2.75) is 40.0 Å². The zero-order chi connectivity index (χ0) is 10.3. The molecule has 0 heterocycles. The first kappa shape index (κ1) is 9.75. The van der Waals surface area contributed by atoms with E-state index >= 15 is 0 Å². The summed E-state index contributed by atoms with van der Waals surface area (Å²) in [6.45, 7) is 6.00. The van der Waals surface area contributed by atoms with Crippen molar-refractivity contribution >= 4 is 5.97 Å². The molecule has 0 aromatic rings. The molecular formula is C12H18O2. The third-order valence-electron chi connectivity index (χ3n) is 3.99. The van der Waals surface area contributed by atoms with Crippen molar-refractivity contribution in [1.82, 2.24) is 0 Å². The Hall–Kier alpha value is -0.790. The Morgan fingerprint density at radius 3 is 2.71 bits per heavy atom. The van der Waals surface area contributed by atoms with Crippen LogP contribution >= 0.6 is 0 Å². The van der Waals surface area contributed by atoms with E-state index in [2.05, 4.69) is 13.8 Å². The third-order valence-corrected chi connectivity index (χ3v) is 3.99. The molecule has 0 aromatic heterocycles. The van der Waals surface area contributed by atoms with Crippen LogP contribution in [0.25, 0.3) is 0 Å².